The fourth-order valence-corrected chi connectivity index (χ4v) is 2.08. The second kappa shape index (κ2) is 5.19. The molecule has 1 aromatic rings. The minimum absolute atomic E-state index is 0.229. The van der Waals surface area contributed by atoms with Crippen molar-refractivity contribution in [2.24, 2.45) is 5.41 Å². The van der Waals surface area contributed by atoms with Gasteiger partial charge in [0, 0.05) is 5.56 Å². The van der Waals surface area contributed by atoms with Crippen LogP contribution in [0.15, 0.2) is 18.2 Å². The van der Waals surface area contributed by atoms with Gasteiger partial charge in [-0.05, 0) is 24.3 Å². The predicted octanol–water partition coefficient (Wildman–Crippen LogP) is 3.32. The first kappa shape index (κ1) is 13.2. The van der Waals surface area contributed by atoms with E-state index in [-0.39, 0.29) is 5.41 Å². The zero-order valence-electron chi connectivity index (χ0n) is 11.4. The molecule has 1 heterocycles. The minimum atomic E-state index is -0.485. The molecule has 0 fully saturated rings. The van der Waals surface area contributed by atoms with Crippen LogP contribution in [0.4, 0.5) is 0 Å². The molecule has 0 bridgehead atoms. The number of hydrogen-bond acceptors (Lipinski definition) is 3. The third-order valence-electron chi connectivity index (χ3n) is 3.12. The molecule has 0 saturated heterocycles. The maximum atomic E-state index is 10.3. The van der Waals surface area contributed by atoms with Crippen LogP contribution in [-0.4, -0.2) is 18.3 Å². The molecule has 0 saturated carbocycles. The highest BCUT2D eigenvalue weighted by Crippen LogP contribution is 2.39. The van der Waals surface area contributed by atoms with Crippen molar-refractivity contribution < 1.29 is 14.6 Å². The summed E-state index contributed by atoms with van der Waals surface area (Å²) in [5, 5.41) is 10.3. The molecule has 1 N–H and O–H groups in total. The smallest absolute Gasteiger partial charge is 0.167 e. The van der Waals surface area contributed by atoms with Gasteiger partial charge < -0.3 is 14.6 Å². The van der Waals surface area contributed by atoms with E-state index in [1.165, 1.54) is 0 Å². The van der Waals surface area contributed by atoms with Gasteiger partial charge in [-0.2, -0.15) is 0 Å². The maximum absolute atomic E-state index is 10.3. The zero-order chi connectivity index (χ0) is 13.2. The van der Waals surface area contributed by atoms with Crippen molar-refractivity contribution in [3.8, 4) is 11.5 Å². The molecule has 18 heavy (non-hydrogen) atoms. The van der Waals surface area contributed by atoms with Gasteiger partial charge in [-0.25, -0.2) is 0 Å². The highest BCUT2D eigenvalue weighted by atomic mass is 16.6. The Bertz CT molecular complexity index is 407. The lowest BCUT2D eigenvalue weighted by Gasteiger charge is -2.25. The molecular weight excluding hydrogens is 228 g/mol. The number of aliphatic hydroxyl groups excluding tert-OH is 1. The minimum Gasteiger partial charge on any atom is -0.486 e. The number of ether oxygens (including phenoxy) is 2. The van der Waals surface area contributed by atoms with E-state index in [0.29, 0.717) is 19.0 Å². The van der Waals surface area contributed by atoms with Crippen molar-refractivity contribution in [3.05, 3.63) is 23.8 Å². The average Bonchev–Trinajstić information content (AvgIpc) is 2.34. The van der Waals surface area contributed by atoms with E-state index >= 15 is 0 Å². The molecule has 1 aliphatic rings. The Hall–Kier alpha value is -1.22. The molecule has 0 aliphatic carbocycles. The molecule has 1 aliphatic heterocycles. The van der Waals surface area contributed by atoms with Gasteiger partial charge in [-0.3, -0.25) is 0 Å². The molecule has 1 atom stereocenters. The summed E-state index contributed by atoms with van der Waals surface area (Å²) in [5.41, 5.74) is 1.07. The Morgan fingerprint density at radius 1 is 1.22 bits per heavy atom. The first-order valence-electron chi connectivity index (χ1n) is 6.54. The normalized spacial score (nSPS) is 16.4. The summed E-state index contributed by atoms with van der Waals surface area (Å²) in [6.07, 6.45) is 1.23. The van der Waals surface area contributed by atoms with Crippen LogP contribution in [0.3, 0.4) is 0 Å². The molecular formula is C15H22O3. The number of rotatable bonds is 3. The largest absolute Gasteiger partial charge is 0.486 e. The van der Waals surface area contributed by atoms with E-state index in [4.69, 9.17) is 9.47 Å². The van der Waals surface area contributed by atoms with Gasteiger partial charge in [-0.15, -0.1) is 0 Å². The molecule has 0 amide bonds. The number of benzene rings is 1. The summed E-state index contributed by atoms with van der Waals surface area (Å²) in [4.78, 5) is 0. The van der Waals surface area contributed by atoms with E-state index in [1.54, 1.807) is 0 Å². The van der Waals surface area contributed by atoms with Gasteiger partial charge in [0.2, 0.25) is 0 Å². The highest BCUT2D eigenvalue weighted by molar-refractivity contribution is 5.48. The molecule has 0 aromatic heterocycles. The van der Waals surface area contributed by atoms with Crippen LogP contribution in [0, 0.1) is 5.41 Å². The summed E-state index contributed by atoms with van der Waals surface area (Å²) >= 11 is 0. The molecule has 2 rings (SSSR count). The van der Waals surface area contributed by atoms with E-state index in [1.807, 2.05) is 18.2 Å². The lowest BCUT2D eigenvalue weighted by atomic mass is 9.88. The van der Waals surface area contributed by atoms with Crippen molar-refractivity contribution in [1.82, 2.24) is 0 Å². The zero-order valence-corrected chi connectivity index (χ0v) is 11.4. The topological polar surface area (TPSA) is 38.7 Å². The van der Waals surface area contributed by atoms with E-state index in [9.17, 15) is 5.11 Å². The summed E-state index contributed by atoms with van der Waals surface area (Å²) < 4.78 is 11.1. The summed E-state index contributed by atoms with van der Waals surface area (Å²) in [6.45, 7) is 7.67. The fraction of sp³-hybridized carbons (Fsp3) is 0.600. The second-order valence-electron chi connectivity index (χ2n) is 5.99. The van der Waals surface area contributed by atoms with E-state index < -0.39 is 6.10 Å². The van der Waals surface area contributed by atoms with Gasteiger partial charge in [0.1, 0.15) is 13.2 Å². The quantitative estimate of drug-likeness (QED) is 0.894. The Balaban J connectivity index is 2.12. The molecule has 3 heteroatoms. The first-order valence-corrected chi connectivity index (χ1v) is 6.54. The van der Waals surface area contributed by atoms with Crippen molar-refractivity contribution in [2.75, 3.05) is 13.2 Å². The van der Waals surface area contributed by atoms with Crippen molar-refractivity contribution in [1.29, 1.82) is 0 Å². The Labute approximate surface area is 109 Å². The molecule has 100 valence electrons. The Morgan fingerprint density at radius 2 is 1.94 bits per heavy atom. The third-order valence-corrected chi connectivity index (χ3v) is 3.12. The number of hydrogen-bond donors (Lipinski definition) is 1. The van der Waals surface area contributed by atoms with Crippen LogP contribution >= 0.6 is 0 Å². The lowest BCUT2D eigenvalue weighted by Crippen LogP contribution is -2.17. The molecule has 0 radical (unpaired) electrons. The lowest BCUT2D eigenvalue weighted by molar-refractivity contribution is 0.130. The van der Waals surface area contributed by atoms with Gasteiger partial charge in [0.05, 0.1) is 6.10 Å². The standard InChI is InChI=1S/C15H22O3/c1-15(2,3)8-7-12(16)11-5-4-6-13-14(11)18-10-9-17-13/h4-6,12,16H,7-10H2,1-3H3. The molecule has 3 nitrogen and oxygen atoms in total. The van der Waals surface area contributed by atoms with Crippen molar-refractivity contribution in [3.63, 3.8) is 0 Å². The highest BCUT2D eigenvalue weighted by Gasteiger charge is 2.22. The van der Waals surface area contributed by atoms with Gasteiger partial charge >= 0.3 is 0 Å². The summed E-state index contributed by atoms with van der Waals surface area (Å²) in [5.74, 6) is 1.46. The van der Waals surface area contributed by atoms with Crippen LogP contribution in [0.25, 0.3) is 0 Å². The number of fused-ring (bicyclic) bond motifs is 1. The molecule has 1 unspecified atom stereocenters. The van der Waals surface area contributed by atoms with Crippen molar-refractivity contribution in [2.45, 2.75) is 39.7 Å². The maximum Gasteiger partial charge on any atom is 0.167 e. The van der Waals surface area contributed by atoms with Crippen LogP contribution < -0.4 is 9.47 Å². The van der Waals surface area contributed by atoms with Crippen LogP contribution in [0.1, 0.15) is 45.3 Å². The Morgan fingerprint density at radius 3 is 2.67 bits per heavy atom. The van der Waals surface area contributed by atoms with Gasteiger partial charge in [0.25, 0.3) is 0 Å². The third kappa shape index (κ3) is 3.16. The van der Waals surface area contributed by atoms with Crippen LogP contribution in [0.2, 0.25) is 0 Å². The van der Waals surface area contributed by atoms with Crippen molar-refractivity contribution >= 4 is 0 Å². The second-order valence-corrected chi connectivity index (χ2v) is 5.99. The van der Waals surface area contributed by atoms with Gasteiger partial charge in [0.15, 0.2) is 11.5 Å². The first-order chi connectivity index (χ1) is 8.47. The number of para-hydroxylation sites is 1. The number of aliphatic hydroxyl groups is 1. The fourth-order valence-electron chi connectivity index (χ4n) is 2.08. The Kier molecular flexibility index (Phi) is 3.81. The van der Waals surface area contributed by atoms with E-state index in [0.717, 1.165) is 24.2 Å². The molecule has 1 aromatic carbocycles. The van der Waals surface area contributed by atoms with Crippen LogP contribution in [-0.2, 0) is 0 Å². The monoisotopic (exact) mass is 250 g/mol. The predicted molar refractivity (Wildman–Crippen MR) is 71.1 cm³/mol. The van der Waals surface area contributed by atoms with Gasteiger partial charge in [-0.1, -0.05) is 32.9 Å². The van der Waals surface area contributed by atoms with E-state index in [2.05, 4.69) is 20.8 Å². The average molecular weight is 250 g/mol. The SMILES string of the molecule is CC(C)(C)CCC(O)c1cccc2c1OCCO2. The summed E-state index contributed by atoms with van der Waals surface area (Å²) in [6, 6.07) is 5.71. The summed E-state index contributed by atoms with van der Waals surface area (Å²) in [7, 11) is 0. The molecule has 0 spiro atoms. The van der Waals surface area contributed by atoms with Crippen LogP contribution in [0.5, 0.6) is 11.5 Å².